The van der Waals surface area contributed by atoms with Gasteiger partial charge in [-0.1, -0.05) is 0 Å². The molecule has 2 rings (SSSR count). The highest BCUT2D eigenvalue weighted by atomic mass is 32.1. The Balaban J connectivity index is 2.33. The van der Waals surface area contributed by atoms with Crippen LogP contribution in [0.4, 0.5) is 18.9 Å². The number of hydrogen-bond acceptors (Lipinski definition) is 4. The summed E-state index contributed by atoms with van der Waals surface area (Å²) in [5.41, 5.74) is -0.910. The molecule has 0 aliphatic heterocycles. The van der Waals surface area contributed by atoms with E-state index < -0.39 is 17.6 Å². The van der Waals surface area contributed by atoms with E-state index in [1.807, 2.05) is 0 Å². The maximum Gasteiger partial charge on any atom is 0.417 e. The average Bonchev–Trinajstić information content (AvgIpc) is 2.87. The molecule has 0 unspecified atom stereocenters. The minimum atomic E-state index is -4.54. The van der Waals surface area contributed by atoms with Crippen LogP contribution in [0.15, 0.2) is 29.2 Å². The molecule has 0 spiro atoms. The second kappa shape index (κ2) is 4.96. The first-order valence-corrected chi connectivity index (χ1v) is 6.03. The Morgan fingerprint density at radius 3 is 2.63 bits per heavy atom. The highest BCUT2D eigenvalue weighted by molar-refractivity contribution is 7.08. The minimum Gasteiger partial charge on any atom is -0.310 e. The van der Waals surface area contributed by atoms with Crippen LogP contribution in [-0.2, 0) is 6.18 Å². The van der Waals surface area contributed by atoms with Crippen molar-refractivity contribution < 1.29 is 18.0 Å². The van der Waals surface area contributed by atoms with Gasteiger partial charge in [0.05, 0.1) is 29.2 Å². The Hall–Kier alpha value is -1.96. The topological polar surface area (TPSA) is 46.1 Å². The fourth-order valence-electron chi connectivity index (χ4n) is 1.46. The summed E-state index contributed by atoms with van der Waals surface area (Å²) in [6.07, 6.45) is -1.88. The summed E-state index contributed by atoms with van der Waals surface area (Å²) in [5.74, 6) is -0.735. The molecule has 0 fully saturated rings. The smallest absolute Gasteiger partial charge is 0.310 e. The molecule has 0 aromatic carbocycles. The van der Waals surface area contributed by atoms with Crippen LogP contribution < -0.4 is 4.90 Å². The van der Waals surface area contributed by atoms with Gasteiger partial charge in [-0.15, -0.1) is 0 Å². The molecule has 0 aliphatic carbocycles. The van der Waals surface area contributed by atoms with Crippen molar-refractivity contribution >= 4 is 22.9 Å². The van der Waals surface area contributed by atoms with Gasteiger partial charge in [-0.3, -0.25) is 4.79 Å². The third kappa shape index (κ3) is 2.73. The lowest BCUT2D eigenvalue weighted by atomic mass is 10.1. The van der Waals surface area contributed by atoms with E-state index in [0.717, 1.165) is 21.6 Å². The molecule has 0 saturated carbocycles. The molecule has 19 heavy (non-hydrogen) atoms. The zero-order valence-corrected chi connectivity index (χ0v) is 10.5. The van der Waals surface area contributed by atoms with Crippen molar-refractivity contribution in [1.82, 2.24) is 10.2 Å². The predicted octanol–water partition coefficient (Wildman–Crippen LogP) is 2.83. The van der Waals surface area contributed by atoms with Crippen molar-refractivity contribution in [1.29, 1.82) is 0 Å². The Bertz CT molecular complexity index is 582. The second-order valence-corrected chi connectivity index (χ2v) is 4.41. The van der Waals surface area contributed by atoms with Crippen LogP contribution in [0.25, 0.3) is 0 Å². The molecule has 100 valence electrons. The molecule has 2 heterocycles. The Morgan fingerprint density at radius 2 is 2.05 bits per heavy atom. The number of hydrogen-bond donors (Lipinski definition) is 0. The first kappa shape index (κ1) is 13.5. The van der Waals surface area contributed by atoms with Gasteiger partial charge >= 0.3 is 6.18 Å². The molecule has 2 aromatic rings. The second-order valence-electron chi connectivity index (χ2n) is 3.66. The fourth-order valence-corrected chi connectivity index (χ4v) is 2.29. The van der Waals surface area contributed by atoms with Crippen LogP contribution in [0.2, 0.25) is 0 Å². The van der Waals surface area contributed by atoms with Crippen LogP contribution in [0.1, 0.15) is 15.9 Å². The van der Waals surface area contributed by atoms with Crippen LogP contribution in [-0.4, -0.2) is 23.2 Å². The standard InChI is InChI=1S/C11H8F3N3OS/c1-17(7-2-3-15-16-4-7)10(18)8-5-19-6-9(8)11(12,13)14/h2-6H,1H3. The van der Waals surface area contributed by atoms with Gasteiger partial charge in [-0.2, -0.15) is 34.7 Å². The van der Waals surface area contributed by atoms with Gasteiger partial charge in [-0.05, 0) is 6.07 Å². The van der Waals surface area contributed by atoms with Gasteiger partial charge < -0.3 is 4.90 Å². The summed E-state index contributed by atoms with van der Waals surface area (Å²) in [6, 6.07) is 1.49. The van der Waals surface area contributed by atoms with Crippen LogP contribution in [0.5, 0.6) is 0 Å². The van der Waals surface area contributed by atoms with Gasteiger partial charge in [-0.25, -0.2) is 0 Å². The number of rotatable bonds is 2. The third-order valence-electron chi connectivity index (χ3n) is 2.46. The first-order chi connectivity index (χ1) is 8.91. The predicted molar refractivity (Wildman–Crippen MR) is 64.1 cm³/mol. The molecule has 0 aliphatic rings. The largest absolute Gasteiger partial charge is 0.417 e. The number of halogens is 3. The van der Waals surface area contributed by atoms with E-state index in [1.54, 1.807) is 0 Å². The number of alkyl halides is 3. The molecule has 0 N–H and O–H groups in total. The molecule has 4 nitrogen and oxygen atoms in total. The van der Waals surface area contributed by atoms with Crippen LogP contribution >= 0.6 is 11.3 Å². The van der Waals surface area contributed by atoms with E-state index in [0.29, 0.717) is 5.69 Å². The number of anilines is 1. The zero-order valence-electron chi connectivity index (χ0n) is 9.68. The SMILES string of the molecule is CN(C(=O)c1cscc1C(F)(F)F)c1ccnnc1. The molecule has 2 aromatic heterocycles. The Kier molecular flexibility index (Phi) is 3.52. The van der Waals surface area contributed by atoms with Gasteiger partial charge in [0, 0.05) is 17.8 Å². The van der Waals surface area contributed by atoms with Crippen molar-refractivity contribution in [2.24, 2.45) is 0 Å². The maximum absolute atomic E-state index is 12.7. The number of nitrogens with zero attached hydrogens (tertiary/aromatic N) is 3. The van der Waals surface area contributed by atoms with Crippen molar-refractivity contribution in [2.75, 3.05) is 11.9 Å². The number of amides is 1. The van der Waals surface area contributed by atoms with E-state index >= 15 is 0 Å². The van der Waals surface area contributed by atoms with E-state index in [2.05, 4.69) is 10.2 Å². The lowest BCUT2D eigenvalue weighted by Gasteiger charge is -2.17. The molecule has 8 heteroatoms. The molecule has 1 amide bonds. The van der Waals surface area contributed by atoms with Crippen molar-refractivity contribution in [3.8, 4) is 0 Å². The van der Waals surface area contributed by atoms with Gasteiger partial charge in [0.1, 0.15) is 0 Å². The normalized spacial score (nSPS) is 11.4. The minimum absolute atomic E-state index is 0.364. The molecule has 0 saturated heterocycles. The monoisotopic (exact) mass is 287 g/mol. The van der Waals surface area contributed by atoms with E-state index in [1.165, 1.54) is 30.9 Å². The highest BCUT2D eigenvalue weighted by Gasteiger charge is 2.36. The quantitative estimate of drug-likeness (QED) is 0.853. The number of aromatic nitrogens is 2. The number of thiophene rings is 1. The summed E-state index contributed by atoms with van der Waals surface area (Å²) >= 11 is 0.839. The highest BCUT2D eigenvalue weighted by Crippen LogP contribution is 2.35. The Morgan fingerprint density at radius 1 is 1.32 bits per heavy atom. The van der Waals surface area contributed by atoms with Gasteiger partial charge in [0.25, 0.3) is 5.91 Å². The lowest BCUT2D eigenvalue weighted by molar-refractivity contribution is -0.137. The summed E-state index contributed by atoms with van der Waals surface area (Å²) in [7, 11) is 1.39. The van der Waals surface area contributed by atoms with Crippen LogP contribution in [0.3, 0.4) is 0 Å². The molecular weight excluding hydrogens is 279 g/mol. The summed E-state index contributed by atoms with van der Waals surface area (Å²) in [5, 5.41) is 9.23. The fraction of sp³-hybridized carbons (Fsp3) is 0.182. The summed E-state index contributed by atoms with van der Waals surface area (Å²) in [6.45, 7) is 0. The van der Waals surface area contributed by atoms with Crippen molar-refractivity contribution in [3.05, 3.63) is 40.3 Å². The van der Waals surface area contributed by atoms with E-state index in [9.17, 15) is 18.0 Å². The summed E-state index contributed by atoms with van der Waals surface area (Å²) < 4.78 is 38.2. The first-order valence-electron chi connectivity index (χ1n) is 5.09. The van der Waals surface area contributed by atoms with E-state index in [4.69, 9.17) is 0 Å². The lowest BCUT2D eigenvalue weighted by Crippen LogP contribution is -2.28. The summed E-state index contributed by atoms with van der Waals surface area (Å²) in [4.78, 5) is 13.2. The molecule has 0 bridgehead atoms. The number of carbonyl (C=O) groups is 1. The Labute approximate surface area is 110 Å². The molecule has 0 radical (unpaired) electrons. The van der Waals surface area contributed by atoms with Crippen LogP contribution in [0, 0.1) is 0 Å². The number of carbonyl (C=O) groups excluding carboxylic acids is 1. The molecule has 0 atom stereocenters. The van der Waals surface area contributed by atoms with Crippen molar-refractivity contribution in [2.45, 2.75) is 6.18 Å². The third-order valence-corrected chi connectivity index (χ3v) is 3.20. The van der Waals surface area contributed by atoms with Gasteiger partial charge in [0.2, 0.25) is 0 Å². The zero-order chi connectivity index (χ0) is 14.0. The molecular formula is C11H8F3N3OS. The van der Waals surface area contributed by atoms with Gasteiger partial charge in [0.15, 0.2) is 0 Å². The maximum atomic E-state index is 12.7. The average molecular weight is 287 g/mol. The van der Waals surface area contributed by atoms with E-state index in [-0.39, 0.29) is 5.56 Å². The van der Waals surface area contributed by atoms with Crippen molar-refractivity contribution in [3.63, 3.8) is 0 Å².